The Morgan fingerprint density at radius 2 is 1.93 bits per heavy atom. The maximum Gasteiger partial charge on any atom is 0.303 e. The Morgan fingerprint density at radius 1 is 1.15 bits per heavy atom. The first kappa shape index (κ1) is 22.1. The molecule has 2 rings (SSSR count). The van der Waals surface area contributed by atoms with Gasteiger partial charge in [-0.3, -0.25) is 9.59 Å². The van der Waals surface area contributed by atoms with Gasteiger partial charge in [0.15, 0.2) is 0 Å². The summed E-state index contributed by atoms with van der Waals surface area (Å²) in [6.07, 6.45) is 12.6. The molecule has 4 heteroatoms. The van der Waals surface area contributed by atoms with Crippen LogP contribution in [-0.4, -0.2) is 28.1 Å². The van der Waals surface area contributed by atoms with Crippen molar-refractivity contribution in [2.24, 2.45) is 23.7 Å². The first-order valence-corrected chi connectivity index (χ1v) is 11.0. The number of aliphatic hydroxyl groups is 1. The summed E-state index contributed by atoms with van der Waals surface area (Å²) in [5.74, 6) is 0.667. The molecule has 27 heavy (non-hydrogen) atoms. The standard InChI is InChI=1S/C23H38O4/c1-3-4-5-8-16(2)11-12-20(24)23-19-14-17(9-6-7-10-22(26)27)13-18(19)15-21(23)25/h9,16,18-19,21,23,25H,3-8,10-15H2,1-2H3,(H,26,27)/t16?,18-,19-,21+,23-/m0/s1. The Labute approximate surface area is 164 Å². The van der Waals surface area contributed by atoms with E-state index in [9.17, 15) is 14.7 Å². The lowest BCUT2D eigenvalue weighted by Gasteiger charge is -2.21. The number of aliphatic carboxylic acids is 1. The Morgan fingerprint density at radius 3 is 2.63 bits per heavy atom. The fraction of sp³-hybridized carbons (Fsp3) is 0.826. The van der Waals surface area contributed by atoms with E-state index in [1.807, 2.05) is 0 Å². The van der Waals surface area contributed by atoms with Crippen molar-refractivity contribution in [2.45, 2.75) is 97.0 Å². The van der Waals surface area contributed by atoms with E-state index in [1.165, 1.54) is 31.3 Å². The van der Waals surface area contributed by atoms with Crippen molar-refractivity contribution in [2.75, 3.05) is 0 Å². The number of unbranched alkanes of at least 4 members (excludes halogenated alkanes) is 3. The SMILES string of the molecule is CCCCCC(C)CCC(=O)[C@@H]1[C@H]2CC(=CCCCC(=O)O)C[C@H]2C[C@H]1O. The zero-order valence-electron chi connectivity index (χ0n) is 17.2. The van der Waals surface area contributed by atoms with Gasteiger partial charge in [-0.15, -0.1) is 0 Å². The highest BCUT2D eigenvalue weighted by atomic mass is 16.4. The third-order valence-electron chi connectivity index (χ3n) is 6.63. The molecule has 4 nitrogen and oxygen atoms in total. The number of allylic oxidation sites excluding steroid dienone is 2. The van der Waals surface area contributed by atoms with E-state index in [1.54, 1.807) is 0 Å². The molecule has 0 aromatic rings. The summed E-state index contributed by atoms with van der Waals surface area (Å²) < 4.78 is 0. The third-order valence-corrected chi connectivity index (χ3v) is 6.63. The number of Topliss-reactive ketones (excluding diaryl/α,β-unsaturated/α-hetero) is 1. The van der Waals surface area contributed by atoms with Crippen LogP contribution in [0, 0.1) is 23.7 Å². The fourth-order valence-corrected chi connectivity index (χ4v) is 5.08. The molecule has 0 heterocycles. The van der Waals surface area contributed by atoms with Crippen LogP contribution in [0.15, 0.2) is 11.6 Å². The highest BCUT2D eigenvalue weighted by Gasteiger charge is 2.48. The Kier molecular flexibility index (Phi) is 9.01. The molecule has 2 N–H and O–H groups in total. The number of aliphatic hydroxyl groups excluding tert-OH is 1. The molecule has 0 amide bonds. The number of hydrogen-bond acceptors (Lipinski definition) is 3. The topological polar surface area (TPSA) is 74.6 Å². The van der Waals surface area contributed by atoms with Gasteiger partial charge in [0.1, 0.15) is 5.78 Å². The van der Waals surface area contributed by atoms with Crippen LogP contribution in [0.3, 0.4) is 0 Å². The van der Waals surface area contributed by atoms with Crippen molar-refractivity contribution < 1.29 is 19.8 Å². The maximum atomic E-state index is 12.8. The van der Waals surface area contributed by atoms with E-state index in [0.29, 0.717) is 30.6 Å². The third kappa shape index (κ3) is 6.74. The molecule has 1 unspecified atom stereocenters. The molecule has 2 fully saturated rings. The molecule has 0 radical (unpaired) electrons. The minimum atomic E-state index is -0.741. The van der Waals surface area contributed by atoms with E-state index >= 15 is 0 Å². The lowest BCUT2D eigenvalue weighted by atomic mass is 9.84. The van der Waals surface area contributed by atoms with E-state index in [0.717, 1.165) is 32.1 Å². The van der Waals surface area contributed by atoms with Crippen LogP contribution in [0.4, 0.5) is 0 Å². The van der Waals surface area contributed by atoms with Gasteiger partial charge in [0.05, 0.1) is 6.10 Å². The highest BCUT2D eigenvalue weighted by Crippen LogP contribution is 2.50. The van der Waals surface area contributed by atoms with Crippen LogP contribution in [0.2, 0.25) is 0 Å². The lowest BCUT2D eigenvalue weighted by molar-refractivity contribution is -0.137. The quantitative estimate of drug-likeness (QED) is 0.364. The molecule has 0 saturated heterocycles. The van der Waals surface area contributed by atoms with Crippen molar-refractivity contribution in [3.05, 3.63) is 11.6 Å². The number of carboxylic acids is 1. The average Bonchev–Trinajstić information content (AvgIpc) is 3.12. The molecule has 2 saturated carbocycles. The van der Waals surface area contributed by atoms with Crippen molar-refractivity contribution in [3.8, 4) is 0 Å². The molecule has 0 spiro atoms. The number of rotatable bonds is 12. The minimum Gasteiger partial charge on any atom is -0.481 e. The molecule has 5 atom stereocenters. The van der Waals surface area contributed by atoms with Crippen molar-refractivity contribution >= 4 is 11.8 Å². The fourth-order valence-electron chi connectivity index (χ4n) is 5.08. The molecule has 0 aliphatic heterocycles. The van der Waals surface area contributed by atoms with Gasteiger partial charge in [0, 0.05) is 18.8 Å². The van der Waals surface area contributed by atoms with Crippen molar-refractivity contribution in [3.63, 3.8) is 0 Å². The Balaban J connectivity index is 1.80. The molecule has 2 aliphatic carbocycles. The number of carboxylic acid groups (broad SMARTS) is 1. The van der Waals surface area contributed by atoms with E-state index in [4.69, 9.17) is 5.11 Å². The number of carbonyl (C=O) groups is 2. The summed E-state index contributed by atoms with van der Waals surface area (Å²) >= 11 is 0. The van der Waals surface area contributed by atoms with Crippen LogP contribution >= 0.6 is 0 Å². The summed E-state index contributed by atoms with van der Waals surface area (Å²) in [5, 5.41) is 19.2. The number of hydrogen-bond donors (Lipinski definition) is 2. The second-order valence-electron chi connectivity index (χ2n) is 8.92. The van der Waals surface area contributed by atoms with Gasteiger partial charge >= 0.3 is 5.97 Å². The minimum absolute atomic E-state index is 0.178. The van der Waals surface area contributed by atoms with Crippen LogP contribution in [-0.2, 0) is 9.59 Å². The summed E-state index contributed by atoms with van der Waals surface area (Å²) in [4.78, 5) is 23.4. The van der Waals surface area contributed by atoms with Crippen molar-refractivity contribution in [1.82, 2.24) is 0 Å². The summed E-state index contributed by atoms with van der Waals surface area (Å²) in [6.45, 7) is 4.45. The predicted molar refractivity (Wildman–Crippen MR) is 107 cm³/mol. The van der Waals surface area contributed by atoms with E-state index in [2.05, 4.69) is 19.9 Å². The summed E-state index contributed by atoms with van der Waals surface area (Å²) in [6, 6.07) is 0. The first-order valence-electron chi connectivity index (χ1n) is 11.0. The summed E-state index contributed by atoms with van der Waals surface area (Å²) in [5.41, 5.74) is 1.37. The molecule has 0 aromatic carbocycles. The van der Waals surface area contributed by atoms with Crippen LogP contribution in [0.1, 0.15) is 90.9 Å². The zero-order chi connectivity index (χ0) is 19.8. The number of fused-ring (bicyclic) bond motifs is 1. The molecular weight excluding hydrogens is 340 g/mol. The normalized spacial score (nSPS) is 29.8. The van der Waals surface area contributed by atoms with Gasteiger partial charge in [-0.2, -0.15) is 0 Å². The van der Waals surface area contributed by atoms with Gasteiger partial charge in [-0.05, 0) is 56.3 Å². The van der Waals surface area contributed by atoms with Crippen molar-refractivity contribution in [1.29, 1.82) is 0 Å². The van der Waals surface area contributed by atoms with Crippen LogP contribution < -0.4 is 0 Å². The predicted octanol–water partition coefficient (Wildman–Crippen LogP) is 5.14. The largest absolute Gasteiger partial charge is 0.481 e. The van der Waals surface area contributed by atoms with Gasteiger partial charge in [0.2, 0.25) is 0 Å². The first-order chi connectivity index (χ1) is 12.9. The van der Waals surface area contributed by atoms with Crippen LogP contribution in [0.5, 0.6) is 0 Å². The number of carbonyl (C=O) groups excluding carboxylic acids is 1. The van der Waals surface area contributed by atoms with Gasteiger partial charge in [0.25, 0.3) is 0 Å². The number of ketones is 1. The van der Waals surface area contributed by atoms with Gasteiger partial charge in [-0.25, -0.2) is 0 Å². The molecule has 154 valence electrons. The molecule has 0 aromatic heterocycles. The Hall–Kier alpha value is -1.16. The van der Waals surface area contributed by atoms with Crippen LogP contribution in [0.25, 0.3) is 0 Å². The second kappa shape index (κ2) is 11.0. The lowest BCUT2D eigenvalue weighted by Crippen LogP contribution is -2.28. The maximum absolute atomic E-state index is 12.8. The molecule has 0 bridgehead atoms. The summed E-state index contributed by atoms with van der Waals surface area (Å²) in [7, 11) is 0. The highest BCUT2D eigenvalue weighted by molar-refractivity contribution is 5.82. The monoisotopic (exact) mass is 378 g/mol. The van der Waals surface area contributed by atoms with E-state index < -0.39 is 12.1 Å². The van der Waals surface area contributed by atoms with Gasteiger partial charge < -0.3 is 10.2 Å². The smallest absolute Gasteiger partial charge is 0.303 e. The molecule has 2 aliphatic rings. The average molecular weight is 379 g/mol. The molecular formula is C23H38O4. The van der Waals surface area contributed by atoms with Gasteiger partial charge in [-0.1, -0.05) is 51.2 Å². The second-order valence-corrected chi connectivity index (χ2v) is 8.92. The van der Waals surface area contributed by atoms with E-state index in [-0.39, 0.29) is 18.1 Å². The zero-order valence-corrected chi connectivity index (χ0v) is 17.2. The Bertz CT molecular complexity index is 524.